The number of likely N-dealkylation sites (N-methyl/N-ethyl adjacent to an activating group) is 1. The van der Waals surface area contributed by atoms with Gasteiger partial charge in [0.2, 0.25) is 0 Å². The van der Waals surface area contributed by atoms with Crippen LogP contribution >= 0.6 is 0 Å². The van der Waals surface area contributed by atoms with E-state index in [1.54, 1.807) is 0 Å². The van der Waals surface area contributed by atoms with Gasteiger partial charge in [-0.25, -0.2) is 4.98 Å². The molecule has 0 aromatic carbocycles. The zero-order chi connectivity index (χ0) is 11.5. The lowest BCUT2D eigenvalue weighted by molar-refractivity contribution is 0.315. The van der Waals surface area contributed by atoms with E-state index < -0.39 is 0 Å². The summed E-state index contributed by atoms with van der Waals surface area (Å²) < 4.78 is 0. The van der Waals surface area contributed by atoms with Crippen LogP contribution in [0.5, 0.6) is 0 Å². The molecule has 0 aliphatic carbocycles. The minimum Gasteiger partial charge on any atom is -0.355 e. The summed E-state index contributed by atoms with van der Waals surface area (Å²) in [7, 11) is 4.27. The lowest BCUT2D eigenvalue weighted by Crippen LogP contribution is -2.32. The van der Waals surface area contributed by atoms with Crippen molar-refractivity contribution in [2.45, 2.75) is 19.0 Å². The van der Waals surface area contributed by atoms with E-state index in [9.17, 15) is 0 Å². The molecule has 0 bridgehead atoms. The first kappa shape index (κ1) is 11.4. The van der Waals surface area contributed by atoms with E-state index in [0.29, 0.717) is 12.6 Å². The molecule has 0 spiro atoms. The first-order valence-electron chi connectivity index (χ1n) is 5.77. The van der Waals surface area contributed by atoms with Crippen LogP contribution in [-0.2, 0) is 6.54 Å². The highest BCUT2D eigenvalue weighted by Crippen LogP contribution is 2.23. The van der Waals surface area contributed by atoms with Gasteiger partial charge in [0.15, 0.2) is 0 Å². The van der Waals surface area contributed by atoms with Gasteiger partial charge in [-0.05, 0) is 26.6 Å². The van der Waals surface area contributed by atoms with Gasteiger partial charge in [-0.2, -0.15) is 0 Å². The fourth-order valence-electron chi connectivity index (χ4n) is 2.23. The summed E-state index contributed by atoms with van der Waals surface area (Å²) in [5.74, 6) is 1.06. The Morgan fingerprint density at radius 1 is 1.56 bits per heavy atom. The van der Waals surface area contributed by atoms with Crippen molar-refractivity contribution in [3.05, 3.63) is 23.9 Å². The molecule has 1 aliphatic heterocycles. The second-order valence-electron chi connectivity index (χ2n) is 4.54. The van der Waals surface area contributed by atoms with Crippen LogP contribution in [0.2, 0.25) is 0 Å². The Labute approximate surface area is 97.1 Å². The first-order valence-corrected chi connectivity index (χ1v) is 5.77. The molecule has 1 aromatic heterocycles. The lowest BCUT2D eigenvalue weighted by Gasteiger charge is -2.22. The highest BCUT2D eigenvalue weighted by molar-refractivity contribution is 5.47. The second kappa shape index (κ2) is 4.80. The smallest absolute Gasteiger partial charge is 0.133 e. The summed E-state index contributed by atoms with van der Waals surface area (Å²) in [6, 6.07) is 4.64. The Morgan fingerprint density at radius 2 is 2.38 bits per heavy atom. The van der Waals surface area contributed by atoms with Gasteiger partial charge in [0.05, 0.1) is 0 Å². The molecular formula is C12H20N4. The van der Waals surface area contributed by atoms with Crippen LogP contribution in [0.3, 0.4) is 0 Å². The number of aromatic nitrogens is 1. The summed E-state index contributed by atoms with van der Waals surface area (Å²) in [5, 5.41) is 0. The summed E-state index contributed by atoms with van der Waals surface area (Å²) in [5.41, 5.74) is 6.88. The third-order valence-corrected chi connectivity index (χ3v) is 3.28. The zero-order valence-electron chi connectivity index (χ0n) is 10.1. The van der Waals surface area contributed by atoms with E-state index in [1.165, 1.54) is 6.42 Å². The van der Waals surface area contributed by atoms with E-state index in [0.717, 1.165) is 24.5 Å². The molecule has 2 rings (SSSR count). The second-order valence-corrected chi connectivity index (χ2v) is 4.54. The van der Waals surface area contributed by atoms with Crippen LogP contribution in [0.25, 0.3) is 0 Å². The Morgan fingerprint density at radius 3 is 3.00 bits per heavy atom. The standard InChI is InChI=1S/C12H20N4/c1-15(2)11-5-7-16(9-11)12-10(8-13)4-3-6-14-12/h3-4,6,11H,5,7-9,13H2,1-2H3/t11-/m0/s1. The SMILES string of the molecule is CN(C)[C@H]1CCN(c2ncccc2CN)C1. The lowest BCUT2D eigenvalue weighted by atomic mass is 10.2. The monoisotopic (exact) mass is 220 g/mol. The minimum atomic E-state index is 0.562. The third kappa shape index (κ3) is 2.18. The van der Waals surface area contributed by atoms with Gasteiger partial charge in [0.25, 0.3) is 0 Å². The maximum atomic E-state index is 5.74. The average molecular weight is 220 g/mol. The molecule has 4 nitrogen and oxygen atoms in total. The van der Waals surface area contributed by atoms with Gasteiger partial charge in [-0.1, -0.05) is 6.07 Å². The number of nitrogens with zero attached hydrogens (tertiary/aromatic N) is 3. The fourth-order valence-corrected chi connectivity index (χ4v) is 2.23. The zero-order valence-corrected chi connectivity index (χ0v) is 10.1. The van der Waals surface area contributed by atoms with Crippen molar-refractivity contribution in [3.8, 4) is 0 Å². The largest absolute Gasteiger partial charge is 0.355 e. The Balaban J connectivity index is 2.14. The van der Waals surface area contributed by atoms with Gasteiger partial charge >= 0.3 is 0 Å². The predicted molar refractivity (Wildman–Crippen MR) is 66.4 cm³/mol. The molecule has 0 radical (unpaired) electrons. The number of nitrogens with two attached hydrogens (primary N) is 1. The molecule has 1 aromatic rings. The van der Waals surface area contributed by atoms with Crippen LogP contribution in [-0.4, -0.2) is 43.1 Å². The molecule has 0 saturated carbocycles. The van der Waals surface area contributed by atoms with Crippen molar-refractivity contribution in [1.82, 2.24) is 9.88 Å². The fraction of sp³-hybridized carbons (Fsp3) is 0.583. The van der Waals surface area contributed by atoms with Crippen LogP contribution in [0, 0.1) is 0 Å². The Hall–Kier alpha value is -1.13. The van der Waals surface area contributed by atoms with Crippen LogP contribution in [0.15, 0.2) is 18.3 Å². The highest BCUT2D eigenvalue weighted by atomic mass is 15.3. The number of hydrogen-bond acceptors (Lipinski definition) is 4. The van der Waals surface area contributed by atoms with E-state index in [2.05, 4.69) is 34.9 Å². The van der Waals surface area contributed by atoms with Crippen molar-refractivity contribution < 1.29 is 0 Å². The molecule has 1 atom stereocenters. The summed E-state index contributed by atoms with van der Waals surface area (Å²) in [6.45, 7) is 2.69. The quantitative estimate of drug-likeness (QED) is 0.813. The third-order valence-electron chi connectivity index (χ3n) is 3.28. The molecule has 88 valence electrons. The van der Waals surface area contributed by atoms with Crippen molar-refractivity contribution in [1.29, 1.82) is 0 Å². The minimum absolute atomic E-state index is 0.562. The summed E-state index contributed by atoms with van der Waals surface area (Å²) >= 11 is 0. The van der Waals surface area contributed by atoms with Gasteiger partial charge in [-0.15, -0.1) is 0 Å². The number of pyridine rings is 1. The molecule has 1 fully saturated rings. The molecule has 4 heteroatoms. The van der Waals surface area contributed by atoms with E-state index in [4.69, 9.17) is 5.73 Å². The summed E-state index contributed by atoms with van der Waals surface area (Å²) in [4.78, 5) is 9.08. The molecular weight excluding hydrogens is 200 g/mol. The highest BCUT2D eigenvalue weighted by Gasteiger charge is 2.25. The van der Waals surface area contributed by atoms with E-state index in [-0.39, 0.29) is 0 Å². The van der Waals surface area contributed by atoms with Gasteiger partial charge in [0.1, 0.15) is 5.82 Å². The molecule has 1 aliphatic rings. The van der Waals surface area contributed by atoms with E-state index >= 15 is 0 Å². The molecule has 2 heterocycles. The van der Waals surface area contributed by atoms with Crippen molar-refractivity contribution in [2.24, 2.45) is 5.73 Å². The van der Waals surface area contributed by atoms with Crippen molar-refractivity contribution >= 4 is 5.82 Å². The Bertz CT molecular complexity index is 351. The van der Waals surface area contributed by atoms with Crippen LogP contribution < -0.4 is 10.6 Å². The molecule has 1 saturated heterocycles. The van der Waals surface area contributed by atoms with Crippen LogP contribution in [0.4, 0.5) is 5.82 Å². The first-order chi connectivity index (χ1) is 7.72. The maximum absolute atomic E-state index is 5.74. The van der Waals surface area contributed by atoms with Crippen LogP contribution in [0.1, 0.15) is 12.0 Å². The van der Waals surface area contributed by atoms with Gasteiger partial charge in [-0.3, -0.25) is 0 Å². The van der Waals surface area contributed by atoms with Gasteiger partial charge < -0.3 is 15.5 Å². The molecule has 2 N–H and O–H groups in total. The molecule has 0 amide bonds. The maximum Gasteiger partial charge on any atom is 0.133 e. The van der Waals surface area contributed by atoms with Crippen molar-refractivity contribution in [3.63, 3.8) is 0 Å². The normalized spacial score (nSPS) is 20.8. The summed E-state index contributed by atoms with van der Waals surface area (Å²) in [6.07, 6.45) is 3.05. The number of anilines is 1. The van der Waals surface area contributed by atoms with E-state index in [1.807, 2.05) is 12.3 Å². The molecule has 0 unspecified atom stereocenters. The van der Waals surface area contributed by atoms with Crippen molar-refractivity contribution in [2.75, 3.05) is 32.1 Å². The molecule has 16 heavy (non-hydrogen) atoms. The predicted octanol–water partition coefficient (Wildman–Crippen LogP) is 0.681. The van der Waals surface area contributed by atoms with Gasteiger partial charge in [0, 0.05) is 37.4 Å². The number of rotatable bonds is 3. The average Bonchev–Trinajstić information content (AvgIpc) is 2.78. The Kier molecular flexibility index (Phi) is 3.41. The number of hydrogen-bond donors (Lipinski definition) is 1. The topological polar surface area (TPSA) is 45.4 Å².